The van der Waals surface area contributed by atoms with Gasteiger partial charge in [-0.15, -0.1) is 0 Å². The van der Waals surface area contributed by atoms with Gasteiger partial charge in [-0.1, -0.05) is 6.07 Å². The molecular formula is C22H15F5N2O3. The molecule has 0 N–H and O–H groups in total. The van der Waals surface area contributed by atoms with Crippen molar-refractivity contribution in [1.29, 1.82) is 0 Å². The van der Waals surface area contributed by atoms with E-state index in [1.807, 2.05) is 0 Å². The number of ether oxygens (including phenoxy) is 3. The summed E-state index contributed by atoms with van der Waals surface area (Å²) in [5, 5.41) is 0. The van der Waals surface area contributed by atoms with Crippen molar-refractivity contribution >= 4 is 5.90 Å². The Bertz CT molecular complexity index is 1100. The highest BCUT2D eigenvalue weighted by Crippen LogP contribution is 2.30. The molecule has 32 heavy (non-hydrogen) atoms. The van der Waals surface area contributed by atoms with E-state index in [0.29, 0.717) is 17.7 Å². The van der Waals surface area contributed by atoms with Gasteiger partial charge in [0.05, 0.1) is 5.56 Å². The first-order chi connectivity index (χ1) is 15.3. The van der Waals surface area contributed by atoms with E-state index >= 15 is 0 Å². The molecule has 0 amide bonds. The van der Waals surface area contributed by atoms with Crippen LogP contribution in [0, 0.1) is 11.6 Å². The third-order valence-electron chi connectivity index (χ3n) is 4.44. The maximum atomic E-state index is 13.8. The number of halogens is 5. The molecule has 4 rings (SSSR count). The molecule has 1 aromatic heterocycles. The predicted molar refractivity (Wildman–Crippen MR) is 104 cm³/mol. The van der Waals surface area contributed by atoms with E-state index in [1.54, 1.807) is 24.3 Å². The summed E-state index contributed by atoms with van der Waals surface area (Å²) in [6, 6.07) is 11.4. The van der Waals surface area contributed by atoms with Crippen molar-refractivity contribution < 1.29 is 36.2 Å². The van der Waals surface area contributed by atoms with Gasteiger partial charge in [0.1, 0.15) is 48.0 Å². The highest BCUT2D eigenvalue weighted by molar-refractivity contribution is 5.95. The SMILES string of the molecule is Fc1cccc(F)c1C1=NC(COc2ccc(Oc3ccc(C(F)(F)F)cn3)cc2)CO1. The molecule has 2 heterocycles. The quantitative estimate of drug-likeness (QED) is 0.473. The lowest BCUT2D eigenvalue weighted by Gasteiger charge is -2.10. The minimum Gasteiger partial charge on any atom is -0.491 e. The lowest BCUT2D eigenvalue weighted by Crippen LogP contribution is -2.16. The van der Waals surface area contributed by atoms with Gasteiger partial charge < -0.3 is 14.2 Å². The highest BCUT2D eigenvalue weighted by atomic mass is 19.4. The van der Waals surface area contributed by atoms with E-state index in [4.69, 9.17) is 14.2 Å². The lowest BCUT2D eigenvalue weighted by molar-refractivity contribution is -0.137. The Morgan fingerprint density at radius 3 is 2.25 bits per heavy atom. The minimum absolute atomic E-state index is 0.0111. The first-order valence-corrected chi connectivity index (χ1v) is 9.38. The number of alkyl halides is 3. The van der Waals surface area contributed by atoms with Gasteiger partial charge in [0, 0.05) is 12.3 Å². The number of nitrogens with zero attached hydrogens (tertiary/aromatic N) is 2. The fourth-order valence-corrected chi connectivity index (χ4v) is 2.87. The Labute approximate surface area is 179 Å². The van der Waals surface area contributed by atoms with Crippen LogP contribution in [0.4, 0.5) is 22.0 Å². The molecule has 1 unspecified atom stereocenters. The average molecular weight is 450 g/mol. The first kappa shape index (κ1) is 21.5. The summed E-state index contributed by atoms with van der Waals surface area (Å²) < 4.78 is 81.8. The van der Waals surface area contributed by atoms with Crippen LogP contribution in [0.25, 0.3) is 0 Å². The zero-order chi connectivity index (χ0) is 22.7. The smallest absolute Gasteiger partial charge is 0.417 e. The van der Waals surface area contributed by atoms with E-state index in [2.05, 4.69) is 9.98 Å². The Morgan fingerprint density at radius 1 is 0.938 bits per heavy atom. The van der Waals surface area contributed by atoms with Crippen LogP contribution in [0.3, 0.4) is 0 Å². The summed E-state index contributed by atoms with van der Waals surface area (Å²) in [6.45, 7) is 0.226. The number of aromatic nitrogens is 1. The number of hydrogen-bond acceptors (Lipinski definition) is 5. The first-order valence-electron chi connectivity index (χ1n) is 9.38. The summed E-state index contributed by atoms with van der Waals surface area (Å²) in [6.07, 6.45) is -3.78. The van der Waals surface area contributed by atoms with Gasteiger partial charge in [0.25, 0.3) is 0 Å². The second-order valence-electron chi connectivity index (χ2n) is 6.76. The normalized spacial score (nSPS) is 15.8. The highest BCUT2D eigenvalue weighted by Gasteiger charge is 2.30. The van der Waals surface area contributed by atoms with Crippen molar-refractivity contribution in [3.8, 4) is 17.4 Å². The van der Waals surface area contributed by atoms with Gasteiger partial charge in [-0.2, -0.15) is 13.2 Å². The van der Waals surface area contributed by atoms with Crippen LogP contribution < -0.4 is 9.47 Å². The molecule has 3 aromatic rings. The van der Waals surface area contributed by atoms with Crippen molar-refractivity contribution in [1.82, 2.24) is 4.98 Å². The van der Waals surface area contributed by atoms with Crippen molar-refractivity contribution in [2.24, 2.45) is 4.99 Å². The van der Waals surface area contributed by atoms with Gasteiger partial charge >= 0.3 is 6.18 Å². The third kappa shape index (κ3) is 4.96. The molecule has 1 aliphatic heterocycles. The molecule has 1 atom stereocenters. The van der Waals surface area contributed by atoms with Crippen LogP contribution in [-0.2, 0) is 10.9 Å². The van der Waals surface area contributed by atoms with Crippen LogP contribution in [0.15, 0.2) is 65.8 Å². The topological polar surface area (TPSA) is 52.9 Å². The Balaban J connectivity index is 1.33. The molecule has 0 fully saturated rings. The van der Waals surface area contributed by atoms with Crippen LogP contribution in [0.2, 0.25) is 0 Å². The molecule has 5 nitrogen and oxygen atoms in total. The van der Waals surface area contributed by atoms with Crippen LogP contribution in [0.5, 0.6) is 17.4 Å². The lowest BCUT2D eigenvalue weighted by atomic mass is 10.2. The zero-order valence-corrected chi connectivity index (χ0v) is 16.3. The molecule has 0 saturated heterocycles. The standard InChI is InChI=1S/C22H15F5N2O3/c23-17-2-1-3-18(24)20(17)21-29-14(12-31-21)11-30-15-5-7-16(8-6-15)32-19-9-4-13(10-28-19)22(25,26)27/h1-10,14H,11-12H2. The maximum Gasteiger partial charge on any atom is 0.417 e. The maximum absolute atomic E-state index is 13.8. The second-order valence-corrected chi connectivity index (χ2v) is 6.76. The van der Waals surface area contributed by atoms with Crippen LogP contribution in [0.1, 0.15) is 11.1 Å². The summed E-state index contributed by atoms with van der Waals surface area (Å²) in [5.41, 5.74) is -1.18. The van der Waals surface area contributed by atoms with Crippen molar-refractivity contribution in [2.75, 3.05) is 13.2 Å². The van der Waals surface area contributed by atoms with E-state index in [0.717, 1.165) is 24.3 Å². The monoisotopic (exact) mass is 450 g/mol. The number of pyridine rings is 1. The predicted octanol–water partition coefficient (Wildman–Crippen LogP) is 5.40. The molecule has 0 bridgehead atoms. The van der Waals surface area contributed by atoms with Gasteiger partial charge in [-0.3, -0.25) is 0 Å². The Hall–Kier alpha value is -3.69. The summed E-state index contributed by atoms with van der Waals surface area (Å²) in [7, 11) is 0. The van der Waals surface area contributed by atoms with E-state index < -0.39 is 29.4 Å². The van der Waals surface area contributed by atoms with Gasteiger partial charge in [0.2, 0.25) is 11.8 Å². The number of rotatable bonds is 6. The van der Waals surface area contributed by atoms with Crippen molar-refractivity contribution in [2.45, 2.75) is 12.2 Å². The third-order valence-corrected chi connectivity index (χ3v) is 4.44. The molecular weight excluding hydrogens is 435 g/mol. The van der Waals surface area contributed by atoms with E-state index in [-0.39, 0.29) is 30.6 Å². The zero-order valence-electron chi connectivity index (χ0n) is 16.3. The largest absolute Gasteiger partial charge is 0.491 e. The van der Waals surface area contributed by atoms with Crippen LogP contribution in [-0.4, -0.2) is 30.1 Å². The van der Waals surface area contributed by atoms with Gasteiger partial charge in [0.15, 0.2) is 0 Å². The average Bonchev–Trinajstić information content (AvgIpc) is 3.21. The summed E-state index contributed by atoms with van der Waals surface area (Å²) in [5.74, 6) is -0.798. The molecule has 0 spiro atoms. The van der Waals surface area contributed by atoms with E-state index in [1.165, 1.54) is 6.07 Å². The van der Waals surface area contributed by atoms with Gasteiger partial charge in [-0.05, 0) is 42.5 Å². The molecule has 0 saturated carbocycles. The van der Waals surface area contributed by atoms with E-state index in [9.17, 15) is 22.0 Å². The number of aliphatic imine (C=N–C) groups is 1. The molecule has 2 aromatic carbocycles. The van der Waals surface area contributed by atoms with Crippen LogP contribution >= 0.6 is 0 Å². The molecule has 166 valence electrons. The fourth-order valence-electron chi connectivity index (χ4n) is 2.87. The van der Waals surface area contributed by atoms with Crippen molar-refractivity contribution in [3.63, 3.8) is 0 Å². The summed E-state index contributed by atoms with van der Waals surface area (Å²) >= 11 is 0. The summed E-state index contributed by atoms with van der Waals surface area (Å²) in [4.78, 5) is 7.81. The number of benzene rings is 2. The molecule has 0 aliphatic carbocycles. The second kappa shape index (κ2) is 8.81. The Kier molecular flexibility index (Phi) is 5.93. The minimum atomic E-state index is -4.47. The fraction of sp³-hybridized carbons (Fsp3) is 0.182. The molecule has 1 aliphatic rings. The van der Waals surface area contributed by atoms with Crippen molar-refractivity contribution in [3.05, 3.63) is 83.6 Å². The number of hydrogen-bond donors (Lipinski definition) is 0. The van der Waals surface area contributed by atoms with Gasteiger partial charge in [-0.25, -0.2) is 18.8 Å². The molecule has 0 radical (unpaired) electrons. The molecule has 10 heteroatoms. The Morgan fingerprint density at radius 2 is 1.62 bits per heavy atom.